The molecule has 5 aromatic rings. The van der Waals surface area contributed by atoms with Gasteiger partial charge in [0.25, 0.3) is 11.8 Å². The minimum atomic E-state index is -0.369. The normalized spacial score (nSPS) is 10.5. The Labute approximate surface area is 259 Å². The van der Waals surface area contributed by atoms with Gasteiger partial charge < -0.3 is 15.4 Å². The summed E-state index contributed by atoms with van der Waals surface area (Å²) in [4.78, 5) is 41.6. The highest BCUT2D eigenvalue weighted by Gasteiger charge is 2.16. The van der Waals surface area contributed by atoms with Crippen molar-refractivity contribution in [3.8, 4) is 11.3 Å². The molecule has 224 valence electrons. The molecule has 0 aliphatic carbocycles. The second-order valence-electron chi connectivity index (χ2n) is 9.96. The van der Waals surface area contributed by atoms with E-state index in [4.69, 9.17) is 10.3 Å². The van der Waals surface area contributed by atoms with E-state index in [2.05, 4.69) is 25.8 Å². The number of carbonyl (C=O) groups is 3. The number of aryl methyl sites for hydroxylation is 1. The van der Waals surface area contributed by atoms with Crippen LogP contribution in [0.4, 0.5) is 11.5 Å². The Morgan fingerprint density at radius 3 is 2.31 bits per heavy atom. The van der Waals surface area contributed by atoms with Gasteiger partial charge in [-0.3, -0.25) is 19.1 Å². The summed E-state index contributed by atoms with van der Waals surface area (Å²) in [5.74, 6) is -0.337. The van der Waals surface area contributed by atoms with Gasteiger partial charge in [0.2, 0.25) is 0 Å². The SMILES string of the molecule is Cn1nc(-c2ccc(NC(=O)c3ccccc3COCCN=[N+]=[N-])cc2)cc1NC(=O)c1cccc(C(=O)c2ccccc2)c1. The minimum Gasteiger partial charge on any atom is -0.377 e. The number of anilines is 2. The lowest BCUT2D eigenvalue weighted by Gasteiger charge is -2.11. The number of nitrogens with one attached hydrogen (secondary N) is 2. The molecule has 5 rings (SSSR count). The van der Waals surface area contributed by atoms with Crippen LogP contribution in [0.5, 0.6) is 0 Å². The average Bonchev–Trinajstić information content (AvgIpc) is 3.44. The first kappa shape index (κ1) is 30.4. The van der Waals surface area contributed by atoms with Gasteiger partial charge in [-0.25, -0.2) is 0 Å². The number of hydrogen-bond donors (Lipinski definition) is 2. The molecule has 2 N–H and O–H groups in total. The standard InChI is InChI=1S/C34H29N7O4/c1-41-31(38-33(43)26-12-7-11-25(20-26)32(42)24-8-3-2-4-9-24)21-30(39-41)23-14-16-28(17-15-23)37-34(44)29-13-6-5-10-27(29)22-45-19-18-36-40-35/h2-17,20-21H,18-19,22H2,1H3,(H,37,44)(H,38,43). The van der Waals surface area contributed by atoms with E-state index in [0.717, 1.165) is 5.56 Å². The second-order valence-corrected chi connectivity index (χ2v) is 9.96. The average molecular weight is 600 g/mol. The lowest BCUT2D eigenvalue weighted by Crippen LogP contribution is -2.15. The molecule has 4 aromatic carbocycles. The maximum atomic E-state index is 13.1. The molecular weight excluding hydrogens is 570 g/mol. The Balaban J connectivity index is 1.23. The van der Waals surface area contributed by atoms with E-state index >= 15 is 0 Å². The van der Waals surface area contributed by atoms with Gasteiger partial charge in [0.05, 0.1) is 18.9 Å². The summed E-state index contributed by atoms with van der Waals surface area (Å²) in [7, 11) is 1.72. The lowest BCUT2D eigenvalue weighted by molar-refractivity contribution is 0.100. The monoisotopic (exact) mass is 599 g/mol. The van der Waals surface area contributed by atoms with E-state index in [1.165, 1.54) is 0 Å². The van der Waals surface area contributed by atoms with Gasteiger partial charge in [-0.15, -0.1) is 0 Å². The quantitative estimate of drug-likeness (QED) is 0.0541. The number of hydrogen-bond acceptors (Lipinski definition) is 6. The molecule has 0 fully saturated rings. The van der Waals surface area contributed by atoms with Crippen LogP contribution in [0.15, 0.2) is 114 Å². The highest BCUT2D eigenvalue weighted by Crippen LogP contribution is 2.24. The van der Waals surface area contributed by atoms with Crippen LogP contribution in [-0.4, -0.2) is 40.5 Å². The maximum Gasteiger partial charge on any atom is 0.256 e. The zero-order valence-corrected chi connectivity index (χ0v) is 24.4. The van der Waals surface area contributed by atoms with E-state index in [9.17, 15) is 14.4 Å². The number of amides is 2. The fourth-order valence-corrected chi connectivity index (χ4v) is 4.59. The topological polar surface area (TPSA) is 151 Å². The number of carbonyl (C=O) groups excluding carboxylic acids is 3. The number of benzene rings is 4. The van der Waals surface area contributed by atoms with Crippen LogP contribution in [0.3, 0.4) is 0 Å². The van der Waals surface area contributed by atoms with E-state index < -0.39 is 0 Å². The van der Waals surface area contributed by atoms with Crippen molar-refractivity contribution in [3.63, 3.8) is 0 Å². The number of rotatable bonds is 12. The molecule has 2 amide bonds. The van der Waals surface area contributed by atoms with Crippen molar-refractivity contribution in [1.82, 2.24) is 9.78 Å². The van der Waals surface area contributed by atoms with Gasteiger partial charge >= 0.3 is 0 Å². The summed E-state index contributed by atoms with van der Waals surface area (Å²) in [6.07, 6.45) is 0. The molecular formula is C34H29N7O4. The first-order valence-electron chi connectivity index (χ1n) is 14.1. The Morgan fingerprint density at radius 1 is 0.822 bits per heavy atom. The molecule has 11 nitrogen and oxygen atoms in total. The molecule has 0 unspecified atom stereocenters. The van der Waals surface area contributed by atoms with Crippen LogP contribution in [0, 0.1) is 0 Å². The van der Waals surface area contributed by atoms with Crippen LogP contribution in [0.2, 0.25) is 0 Å². The molecule has 0 saturated heterocycles. The van der Waals surface area contributed by atoms with Crippen LogP contribution in [0.25, 0.3) is 21.7 Å². The van der Waals surface area contributed by atoms with Crippen LogP contribution in [-0.2, 0) is 18.4 Å². The Hall–Kier alpha value is -6.03. The van der Waals surface area contributed by atoms with Crippen molar-refractivity contribution in [1.29, 1.82) is 0 Å². The Kier molecular flexibility index (Phi) is 9.76. The molecule has 0 aliphatic rings. The molecule has 0 atom stereocenters. The summed E-state index contributed by atoms with van der Waals surface area (Å²) >= 11 is 0. The molecule has 1 aromatic heterocycles. The number of ether oxygens (including phenoxy) is 1. The molecule has 45 heavy (non-hydrogen) atoms. The van der Waals surface area contributed by atoms with Crippen LogP contribution in [0.1, 0.15) is 42.2 Å². The molecule has 0 radical (unpaired) electrons. The van der Waals surface area contributed by atoms with Crippen molar-refractivity contribution in [2.75, 3.05) is 23.8 Å². The lowest BCUT2D eigenvalue weighted by atomic mass is 10.0. The number of nitrogens with zero attached hydrogens (tertiary/aromatic N) is 5. The molecule has 0 bridgehead atoms. The van der Waals surface area contributed by atoms with Crippen LogP contribution >= 0.6 is 0 Å². The zero-order valence-electron chi connectivity index (χ0n) is 24.4. The van der Waals surface area contributed by atoms with Crippen molar-refractivity contribution in [3.05, 3.63) is 147 Å². The van der Waals surface area contributed by atoms with Crippen molar-refractivity contribution >= 4 is 29.1 Å². The largest absolute Gasteiger partial charge is 0.377 e. The zero-order chi connectivity index (χ0) is 31.6. The molecule has 0 aliphatic heterocycles. The second kappa shape index (κ2) is 14.4. The molecule has 0 spiro atoms. The van der Waals surface area contributed by atoms with E-state index in [1.54, 1.807) is 90.6 Å². The predicted octanol–water partition coefficient (Wildman–Crippen LogP) is 6.65. The number of ketones is 1. The van der Waals surface area contributed by atoms with Gasteiger partial charge in [-0.1, -0.05) is 77.9 Å². The number of azide groups is 1. The highest BCUT2D eigenvalue weighted by molar-refractivity contribution is 6.11. The maximum absolute atomic E-state index is 13.1. The summed E-state index contributed by atoms with van der Waals surface area (Å²) in [5.41, 5.74) is 12.9. The molecule has 11 heteroatoms. The minimum absolute atomic E-state index is 0.162. The van der Waals surface area contributed by atoms with Gasteiger partial charge in [-0.2, -0.15) is 5.10 Å². The smallest absolute Gasteiger partial charge is 0.256 e. The fourth-order valence-electron chi connectivity index (χ4n) is 4.59. The fraction of sp³-hybridized carbons (Fsp3) is 0.118. The summed E-state index contributed by atoms with van der Waals surface area (Å²) in [6, 6.07) is 31.6. The molecule has 1 heterocycles. The summed E-state index contributed by atoms with van der Waals surface area (Å²) < 4.78 is 7.09. The van der Waals surface area contributed by atoms with E-state index in [-0.39, 0.29) is 37.4 Å². The van der Waals surface area contributed by atoms with Gasteiger partial charge in [0.15, 0.2) is 5.78 Å². The van der Waals surface area contributed by atoms with Gasteiger partial charge in [0.1, 0.15) is 5.82 Å². The Bertz CT molecular complexity index is 1880. The van der Waals surface area contributed by atoms with E-state index in [1.807, 2.05) is 30.3 Å². The van der Waals surface area contributed by atoms with Gasteiger partial charge in [0, 0.05) is 58.1 Å². The molecule has 0 saturated carbocycles. The number of aromatic nitrogens is 2. The van der Waals surface area contributed by atoms with Gasteiger partial charge in [-0.05, 0) is 41.4 Å². The predicted molar refractivity (Wildman–Crippen MR) is 171 cm³/mol. The van der Waals surface area contributed by atoms with Crippen molar-refractivity contribution in [2.45, 2.75) is 6.61 Å². The third-order valence-corrected chi connectivity index (χ3v) is 6.90. The summed E-state index contributed by atoms with van der Waals surface area (Å²) in [5, 5.41) is 13.7. The first-order chi connectivity index (χ1) is 21.9. The van der Waals surface area contributed by atoms with Crippen molar-refractivity contribution in [2.24, 2.45) is 12.2 Å². The summed E-state index contributed by atoms with van der Waals surface area (Å²) in [6.45, 7) is 0.676. The first-order valence-corrected chi connectivity index (χ1v) is 14.1. The third-order valence-electron chi connectivity index (χ3n) is 6.90. The third kappa shape index (κ3) is 7.68. The highest BCUT2D eigenvalue weighted by atomic mass is 16.5. The Morgan fingerprint density at radius 2 is 1.53 bits per heavy atom. The van der Waals surface area contributed by atoms with Crippen LogP contribution < -0.4 is 10.6 Å². The van der Waals surface area contributed by atoms with Crippen molar-refractivity contribution < 1.29 is 19.1 Å². The van der Waals surface area contributed by atoms with E-state index in [0.29, 0.717) is 45.0 Å².